The standard InChI is InChI=1S/C8H7ClO4/c9-5-1-6-8(13-3-12-6)4(2-10)7(5)11/h1,10-11H,2-3H2. The first-order chi connectivity index (χ1) is 6.24. The topological polar surface area (TPSA) is 58.9 Å². The van der Waals surface area contributed by atoms with Crippen molar-refractivity contribution in [2.24, 2.45) is 0 Å². The second-order valence-electron chi connectivity index (χ2n) is 2.58. The van der Waals surface area contributed by atoms with Crippen LogP contribution in [0, 0.1) is 0 Å². The number of benzene rings is 1. The van der Waals surface area contributed by atoms with Crippen molar-refractivity contribution >= 4 is 11.6 Å². The fourth-order valence-electron chi connectivity index (χ4n) is 1.21. The first-order valence-electron chi connectivity index (χ1n) is 3.65. The van der Waals surface area contributed by atoms with Crippen molar-refractivity contribution in [3.8, 4) is 17.2 Å². The first-order valence-corrected chi connectivity index (χ1v) is 4.02. The molecule has 1 aliphatic rings. The van der Waals surface area contributed by atoms with Crippen LogP contribution >= 0.6 is 11.6 Å². The lowest BCUT2D eigenvalue weighted by Gasteiger charge is -2.06. The second-order valence-corrected chi connectivity index (χ2v) is 2.98. The van der Waals surface area contributed by atoms with Crippen LogP contribution in [0.3, 0.4) is 0 Å². The van der Waals surface area contributed by atoms with Gasteiger partial charge in [0.25, 0.3) is 0 Å². The van der Waals surface area contributed by atoms with E-state index in [2.05, 4.69) is 0 Å². The van der Waals surface area contributed by atoms with E-state index in [1.165, 1.54) is 6.07 Å². The minimum absolute atomic E-state index is 0.0854. The van der Waals surface area contributed by atoms with Crippen molar-refractivity contribution in [2.75, 3.05) is 6.79 Å². The lowest BCUT2D eigenvalue weighted by Crippen LogP contribution is -1.94. The van der Waals surface area contributed by atoms with Gasteiger partial charge in [-0.05, 0) is 0 Å². The van der Waals surface area contributed by atoms with E-state index in [9.17, 15) is 5.11 Å². The van der Waals surface area contributed by atoms with Crippen molar-refractivity contribution in [3.63, 3.8) is 0 Å². The van der Waals surface area contributed by atoms with E-state index in [0.29, 0.717) is 11.5 Å². The molecule has 5 heteroatoms. The Bertz CT molecular complexity index is 350. The summed E-state index contributed by atoms with van der Waals surface area (Å²) in [4.78, 5) is 0. The summed E-state index contributed by atoms with van der Waals surface area (Å²) in [5, 5.41) is 18.5. The van der Waals surface area contributed by atoms with Crippen LogP contribution in [-0.4, -0.2) is 17.0 Å². The minimum Gasteiger partial charge on any atom is -0.506 e. The lowest BCUT2D eigenvalue weighted by molar-refractivity contribution is 0.171. The number of hydrogen-bond donors (Lipinski definition) is 2. The van der Waals surface area contributed by atoms with Crippen molar-refractivity contribution in [1.29, 1.82) is 0 Å². The van der Waals surface area contributed by atoms with E-state index in [0.717, 1.165) is 0 Å². The molecule has 0 aliphatic carbocycles. The van der Waals surface area contributed by atoms with Crippen molar-refractivity contribution < 1.29 is 19.7 Å². The van der Waals surface area contributed by atoms with Gasteiger partial charge in [0.15, 0.2) is 11.5 Å². The third kappa shape index (κ3) is 1.18. The fraction of sp³-hybridized carbons (Fsp3) is 0.250. The molecule has 4 nitrogen and oxygen atoms in total. The van der Waals surface area contributed by atoms with Crippen LogP contribution in [-0.2, 0) is 6.61 Å². The van der Waals surface area contributed by atoms with Crippen LogP contribution in [0.1, 0.15) is 5.56 Å². The smallest absolute Gasteiger partial charge is 0.231 e. The highest BCUT2D eigenvalue weighted by Gasteiger charge is 2.22. The molecule has 0 bridgehead atoms. The Kier molecular flexibility index (Phi) is 1.94. The molecule has 13 heavy (non-hydrogen) atoms. The van der Waals surface area contributed by atoms with Crippen LogP contribution < -0.4 is 9.47 Å². The maximum atomic E-state index is 9.43. The molecule has 0 spiro atoms. The largest absolute Gasteiger partial charge is 0.506 e. The normalized spacial score (nSPS) is 13.4. The molecule has 0 unspecified atom stereocenters. The van der Waals surface area contributed by atoms with Gasteiger partial charge in [-0.2, -0.15) is 0 Å². The van der Waals surface area contributed by atoms with E-state index >= 15 is 0 Å². The summed E-state index contributed by atoms with van der Waals surface area (Å²) in [7, 11) is 0. The molecule has 2 rings (SSSR count). The van der Waals surface area contributed by atoms with Crippen LogP contribution in [0.25, 0.3) is 0 Å². The molecule has 0 saturated heterocycles. The average Bonchev–Trinajstić information content (AvgIpc) is 2.54. The molecular formula is C8H7ClO4. The van der Waals surface area contributed by atoms with E-state index in [1.807, 2.05) is 0 Å². The van der Waals surface area contributed by atoms with E-state index in [-0.39, 0.29) is 29.7 Å². The summed E-state index contributed by atoms with van der Waals surface area (Å²) in [5.74, 6) is 0.657. The lowest BCUT2D eigenvalue weighted by atomic mass is 10.1. The monoisotopic (exact) mass is 202 g/mol. The number of halogens is 1. The molecule has 0 atom stereocenters. The first kappa shape index (κ1) is 8.47. The van der Waals surface area contributed by atoms with Gasteiger partial charge in [0, 0.05) is 6.07 Å². The van der Waals surface area contributed by atoms with Gasteiger partial charge in [-0.15, -0.1) is 0 Å². The average molecular weight is 203 g/mol. The Hall–Kier alpha value is -1.13. The number of rotatable bonds is 1. The predicted molar refractivity (Wildman–Crippen MR) is 45.2 cm³/mol. The molecule has 1 heterocycles. The predicted octanol–water partition coefficient (Wildman–Crippen LogP) is 1.27. The maximum Gasteiger partial charge on any atom is 0.231 e. The van der Waals surface area contributed by atoms with Crippen molar-refractivity contribution in [3.05, 3.63) is 16.7 Å². The maximum absolute atomic E-state index is 9.43. The minimum atomic E-state index is -0.335. The zero-order valence-electron chi connectivity index (χ0n) is 6.58. The molecule has 0 saturated carbocycles. The fourth-order valence-corrected chi connectivity index (χ4v) is 1.43. The van der Waals surface area contributed by atoms with Crippen LogP contribution in [0.4, 0.5) is 0 Å². The van der Waals surface area contributed by atoms with Crippen molar-refractivity contribution in [2.45, 2.75) is 6.61 Å². The highest BCUT2D eigenvalue weighted by atomic mass is 35.5. The van der Waals surface area contributed by atoms with Gasteiger partial charge in [0.1, 0.15) is 5.75 Å². The molecule has 70 valence electrons. The number of aliphatic hydroxyl groups is 1. The molecule has 0 radical (unpaired) electrons. The molecule has 1 aromatic rings. The van der Waals surface area contributed by atoms with Gasteiger partial charge in [-0.1, -0.05) is 11.6 Å². The molecule has 1 aliphatic heterocycles. The number of hydrogen-bond acceptors (Lipinski definition) is 4. The molecular weight excluding hydrogens is 196 g/mol. The summed E-state index contributed by atoms with van der Waals surface area (Å²) in [6, 6.07) is 1.46. The quantitative estimate of drug-likeness (QED) is 0.720. The highest BCUT2D eigenvalue weighted by molar-refractivity contribution is 6.32. The molecule has 0 amide bonds. The number of aromatic hydroxyl groups is 1. The van der Waals surface area contributed by atoms with Gasteiger partial charge in [0.05, 0.1) is 17.2 Å². The van der Waals surface area contributed by atoms with Gasteiger partial charge < -0.3 is 19.7 Å². The third-order valence-electron chi connectivity index (χ3n) is 1.84. The van der Waals surface area contributed by atoms with Gasteiger partial charge in [-0.25, -0.2) is 0 Å². The second kappa shape index (κ2) is 2.97. The number of aliphatic hydroxyl groups excluding tert-OH is 1. The summed E-state index contributed by atoms with van der Waals surface area (Å²) in [6.45, 7) is -0.250. The van der Waals surface area contributed by atoms with E-state index < -0.39 is 0 Å². The summed E-state index contributed by atoms with van der Waals surface area (Å²) < 4.78 is 10.1. The Balaban J connectivity index is 2.64. The summed E-state index contributed by atoms with van der Waals surface area (Å²) in [5.41, 5.74) is 0.264. The summed E-state index contributed by atoms with van der Waals surface area (Å²) >= 11 is 5.68. The van der Waals surface area contributed by atoms with E-state index in [4.69, 9.17) is 26.2 Å². The zero-order chi connectivity index (χ0) is 9.42. The molecule has 0 aromatic heterocycles. The molecule has 2 N–H and O–H groups in total. The van der Waals surface area contributed by atoms with Gasteiger partial charge in [-0.3, -0.25) is 0 Å². The van der Waals surface area contributed by atoms with Crippen LogP contribution in [0.5, 0.6) is 17.2 Å². The van der Waals surface area contributed by atoms with Crippen molar-refractivity contribution in [1.82, 2.24) is 0 Å². The Morgan fingerprint density at radius 2 is 2.23 bits per heavy atom. The van der Waals surface area contributed by atoms with E-state index in [1.54, 1.807) is 0 Å². The Morgan fingerprint density at radius 3 is 2.92 bits per heavy atom. The number of ether oxygens (including phenoxy) is 2. The van der Waals surface area contributed by atoms with Gasteiger partial charge >= 0.3 is 0 Å². The number of phenols is 1. The zero-order valence-corrected chi connectivity index (χ0v) is 7.34. The summed E-state index contributed by atoms with van der Waals surface area (Å²) in [6.07, 6.45) is 0. The number of fused-ring (bicyclic) bond motifs is 1. The third-order valence-corrected chi connectivity index (χ3v) is 2.13. The molecule has 0 fully saturated rings. The highest BCUT2D eigenvalue weighted by Crippen LogP contribution is 2.44. The SMILES string of the molecule is OCc1c(O)c(Cl)cc2c1OCO2. The van der Waals surface area contributed by atoms with Gasteiger partial charge in [0.2, 0.25) is 6.79 Å². The van der Waals surface area contributed by atoms with Crippen LogP contribution in [0.2, 0.25) is 5.02 Å². The molecule has 1 aromatic carbocycles. The Labute approximate surface area is 79.3 Å². The Morgan fingerprint density at radius 1 is 1.46 bits per heavy atom. The van der Waals surface area contributed by atoms with Crippen LogP contribution in [0.15, 0.2) is 6.07 Å².